The van der Waals surface area contributed by atoms with Crippen LogP contribution < -0.4 is 10.0 Å². The Morgan fingerprint density at radius 2 is 2.05 bits per heavy atom. The highest BCUT2D eigenvalue weighted by atomic mass is 32.2. The number of rotatable bonds is 8. The maximum absolute atomic E-state index is 12.0. The van der Waals surface area contributed by atoms with E-state index in [-0.39, 0.29) is 17.5 Å². The molecule has 0 radical (unpaired) electrons. The molecule has 5 nitrogen and oxygen atoms in total. The van der Waals surface area contributed by atoms with Gasteiger partial charge in [0.05, 0.1) is 17.6 Å². The minimum atomic E-state index is -3.46. The number of nitrogens with one attached hydrogen (secondary N) is 2. The molecule has 0 amide bonds. The van der Waals surface area contributed by atoms with Gasteiger partial charge in [0, 0.05) is 13.1 Å². The Balaban J connectivity index is 2.63. The van der Waals surface area contributed by atoms with E-state index in [1.54, 1.807) is 18.2 Å². The number of benzene rings is 1. The van der Waals surface area contributed by atoms with E-state index >= 15 is 0 Å². The first kappa shape index (κ1) is 16.1. The Kier molecular flexibility index (Phi) is 6.44. The summed E-state index contributed by atoms with van der Waals surface area (Å²) in [6.45, 7) is 5.11. The Morgan fingerprint density at radius 1 is 1.32 bits per heavy atom. The molecule has 0 atom stereocenters. The zero-order valence-electron chi connectivity index (χ0n) is 11.6. The predicted molar refractivity (Wildman–Crippen MR) is 75.5 cm³/mol. The fraction of sp³-hybridized carbons (Fsp3) is 0.538. The number of hydrogen-bond donors (Lipinski definition) is 2. The summed E-state index contributed by atoms with van der Waals surface area (Å²) in [7, 11) is -1.63. The first-order valence-electron chi connectivity index (χ1n) is 6.30. The van der Waals surface area contributed by atoms with Crippen molar-refractivity contribution >= 4 is 10.0 Å². The largest absolute Gasteiger partial charge is 0.377 e. The van der Waals surface area contributed by atoms with E-state index in [0.717, 1.165) is 5.56 Å². The van der Waals surface area contributed by atoms with Gasteiger partial charge in [-0.1, -0.05) is 12.1 Å². The molecule has 1 aromatic rings. The maximum Gasteiger partial charge on any atom is 0.240 e. The van der Waals surface area contributed by atoms with Crippen molar-refractivity contribution in [3.63, 3.8) is 0 Å². The number of sulfonamides is 1. The molecular weight excluding hydrogens is 264 g/mol. The van der Waals surface area contributed by atoms with Crippen LogP contribution in [0.1, 0.15) is 19.4 Å². The third-order valence-corrected chi connectivity index (χ3v) is 3.89. The highest BCUT2D eigenvalue weighted by molar-refractivity contribution is 7.89. The Hall–Kier alpha value is -0.950. The molecule has 6 heteroatoms. The van der Waals surface area contributed by atoms with Crippen LogP contribution in [0, 0.1) is 0 Å². The Labute approximate surface area is 115 Å². The summed E-state index contributed by atoms with van der Waals surface area (Å²) in [6.07, 6.45) is 0.100. The van der Waals surface area contributed by atoms with Crippen molar-refractivity contribution in [1.29, 1.82) is 0 Å². The molecule has 0 saturated heterocycles. The van der Waals surface area contributed by atoms with Gasteiger partial charge in [0.1, 0.15) is 0 Å². The summed E-state index contributed by atoms with van der Waals surface area (Å²) in [5, 5.41) is 2.99. The SMILES string of the molecule is CNCc1cccc(S(=O)(=O)NCCOC(C)C)c1. The van der Waals surface area contributed by atoms with E-state index in [2.05, 4.69) is 10.0 Å². The third kappa shape index (κ3) is 5.69. The molecule has 1 rings (SSSR count). The Morgan fingerprint density at radius 3 is 2.68 bits per heavy atom. The molecule has 0 unspecified atom stereocenters. The van der Waals surface area contributed by atoms with Crippen molar-refractivity contribution in [3.8, 4) is 0 Å². The smallest absolute Gasteiger partial charge is 0.240 e. The van der Waals surface area contributed by atoms with Crippen molar-refractivity contribution in [1.82, 2.24) is 10.0 Å². The summed E-state index contributed by atoms with van der Waals surface area (Å²) >= 11 is 0. The highest BCUT2D eigenvalue weighted by Crippen LogP contribution is 2.11. The number of hydrogen-bond acceptors (Lipinski definition) is 4. The second-order valence-corrected chi connectivity index (χ2v) is 6.26. The molecule has 0 saturated carbocycles. The molecule has 0 aliphatic carbocycles. The van der Waals surface area contributed by atoms with Gasteiger partial charge in [-0.2, -0.15) is 0 Å². The molecule has 108 valence electrons. The lowest BCUT2D eigenvalue weighted by Crippen LogP contribution is -2.28. The molecular formula is C13H22N2O3S. The molecule has 0 aliphatic heterocycles. The molecule has 1 aromatic carbocycles. The van der Waals surface area contributed by atoms with Crippen LogP contribution in [-0.4, -0.2) is 34.7 Å². The summed E-state index contributed by atoms with van der Waals surface area (Å²) < 4.78 is 31.9. The van der Waals surface area contributed by atoms with Gasteiger partial charge >= 0.3 is 0 Å². The van der Waals surface area contributed by atoms with Gasteiger partial charge in [0.15, 0.2) is 0 Å². The van der Waals surface area contributed by atoms with Crippen LogP contribution in [-0.2, 0) is 21.3 Å². The molecule has 0 bridgehead atoms. The first-order chi connectivity index (χ1) is 8.95. The second kappa shape index (κ2) is 7.59. The molecule has 0 aliphatic rings. The standard InChI is InChI=1S/C13H22N2O3S/c1-11(2)18-8-7-15-19(16,17)13-6-4-5-12(9-13)10-14-3/h4-6,9,11,14-15H,7-8,10H2,1-3H3. The zero-order valence-corrected chi connectivity index (χ0v) is 12.5. The van der Waals surface area contributed by atoms with Gasteiger partial charge in [-0.15, -0.1) is 0 Å². The van der Waals surface area contributed by atoms with Crippen LogP contribution in [0.4, 0.5) is 0 Å². The van der Waals surface area contributed by atoms with E-state index in [4.69, 9.17) is 4.74 Å². The van der Waals surface area contributed by atoms with Crippen molar-refractivity contribution in [2.24, 2.45) is 0 Å². The average molecular weight is 286 g/mol. The van der Waals surface area contributed by atoms with Crippen molar-refractivity contribution in [2.75, 3.05) is 20.2 Å². The van der Waals surface area contributed by atoms with Crippen LogP contribution in [0.3, 0.4) is 0 Å². The van der Waals surface area contributed by atoms with E-state index in [0.29, 0.717) is 13.2 Å². The lowest BCUT2D eigenvalue weighted by molar-refractivity contribution is 0.0834. The van der Waals surface area contributed by atoms with Gasteiger partial charge < -0.3 is 10.1 Å². The molecule has 0 spiro atoms. The van der Waals surface area contributed by atoms with E-state index in [1.165, 1.54) is 0 Å². The van der Waals surface area contributed by atoms with Gasteiger partial charge in [-0.25, -0.2) is 13.1 Å². The van der Waals surface area contributed by atoms with Crippen LogP contribution in [0.25, 0.3) is 0 Å². The van der Waals surface area contributed by atoms with Crippen LogP contribution in [0.2, 0.25) is 0 Å². The summed E-state index contributed by atoms with van der Waals surface area (Å²) in [6, 6.07) is 6.89. The van der Waals surface area contributed by atoms with Gasteiger partial charge in [0.25, 0.3) is 0 Å². The van der Waals surface area contributed by atoms with Gasteiger partial charge in [-0.05, 0) is 38.6 Å². The normalized spacial score (nSPS) is 12.0. The zero-order chi connectivity index (χ0) is 14.3. The molecule has 0 aromatic heterocycles. The summed E-state index contributed by atoms with van der Waals surface area (Å²) in [5.74, 6) is 0. The van der Waals surface area contributed by atoms with E-state index < -0.39 is 10.0 Å². The molecule has 19 heavy (non-hydrogen) atoms. The van der Waals surface area contributed by atoms with Crippen molar-refractivity contribution < 1.29 is 13.2 Å². The van der Waals surface area contributed by atoms with Crippen molar-refractivity contribution in [3.05, 3.63) is 29.8 Å². The Bertz CT molecular complexity index is 486. The van der Waals surface area contributed by atoms with Crippen LogP contribution in [0.15, 0.2) is 29.2 Å². The first-order valence-corrected chi connectivity index (χ1v) is 7.79. The van der Waals surface area contributed by atoms with Gasteiger partial charge in [-0.3, -0.25) is 0 Å². The molecule has 0 fully saturated rings. The van der Waals surface area contributed by atoms with Crippen molar-refractivity contribution in [2.45, 2.75) is 31.4 Å². The lowest BCUT2D eigenvalue weighted by atomic mass is 10.2. The summed E-state index contributed by atoms with van der Waals surface area (Å²) in [5.41, 5.74) is 0.934. The number of ether oxygens (including phenoxy) is 1. The second-order valence-electron chi connectivity index (χ2n) is 4.50. The summed E-state index contributed by atoms with van der Waals surface area (Å²) in [4.78, 5) is 0.282. The maximum atomic E-state index is 12.0. The topological polar surface area (TPSA) is 67.4 Å². The van der Waals surface area contributed by atoms with Gasteiger partial charge in [0.2, 0.25) is 10.0 Å². The minimum Gasteiger partial charge on any atom is -0.377 e. The lowest BCUT2D eigenvalue weighted by Gasteiger charge is -2.10. The monoisotopic (exact) mass is 286 g/mol. The van der Waals surface area contributed by atoms with Crippen LogP contribution in [0.5, 0.6) is 0 Å². The fourth-order valence-corrected chi connectivity index (χ4v) is 2.66. The van der Waals surface area contributed by atoms with E-state index in [9.17, 15) is 8.42 Å². The third-order valence-electron chi connectivity index (χ3n) is 2.43. The average Bonchev–Trinajstić information content (AvgIpc) is 2.35. The fourth-order valence-electron chi connectivity index (χ4n) is 1.58. The molecule has 2 N–H and O–H groups in total. The molecule has 0 heterocycles. The van der Waals surface area contributed by atoms with Crippen LogP contribution >= 0.6 is 0 Å². The predicted octanol–water partition coefficient (Wildman–Crippen LogP) is 1.11. The van der Waals surface area contributed by atoms with E-state index in [1.807, 2.05) is 27.0 Å². The quantitative estimate of drug-likeness (QED) is 0.703. The minimum absolute atomic E-state index is 0.100. The highest BCUT2D eigenvalue weighted by Gasteiger charge is 2.13.